The summed E-state index contributed by atoms with van der Waals surface area (Å²) in [6.07, 6.45) is 5.55. The fraction of sp³-hybridized carbons (Fsp3) is 0.200. The number of rotatable bonds is 2. The van der Waals surface area contributed by atoms with Gasteiger partial charge >= 0.3 is 0 Å². The van der Waals surface area contributed by atoms with Crippen LogP contribution in [0.25, 0.3) is 0 Å². The summed E-state index contributed by atoms with van der Waals surface area (Å²) in [7, 11) is 0. The smallest absolute Gasteiger partial charge is 0.0952 e. The molecular formula is C10H11NO. The monoisotopic (exact) mass is 161 g/mol. The molecule has 0 amide bonds. The predicted octanol–water partition coefficient (Wildman–Crippen LogP) is 2.44. The molecule has 0 saturated heterocycles. The van der Waals surface area contributed by atoms with Gasteiger partial charge in [0.05, 0.1) is 19.1 Å². The van der Waals surface area contributed by atoms with E-state index in [-0.39, 0.29) is 0 Å². The zero-order chi connectivity index (χ0) is 8.39. The van der Waals surface area contributed by atoms with Gasteiger partial charge in [-0.05, 0) is 25.1 Å². The minimum Gasteiger partial charge on any atom is -0.472 e. The molecule has 0 spiro atoms. The number of hydrogen-bond acceptors (Lipinski definition) is 1. The molecule has 2 heteroatoms. The Morgan fingerprint density at radius 1 is 1.42 bits per heavy atom. The van der Waals surface area contributed by atoms with Crippen molar-refractivity contribution in [1.82, 2.24) is 4.57 Å². The van der Waals surface area contributed by atoms with Crippen LogP contribution >= 0.6 is 0 Å². The maximum absolute atomic E-state index is 4.99. The highest BCUT2D eigenvalue weighted by atomic mass is 16.3. The molecule has 2 aromatic heterocycles. The molecule has 0 aliphatic rings. The summed E-state index contributed by atoms with van der Waals surface area (Å²) in [4.78, 5) is 0. The van der Waals surface area contributed by atoms with Gasteiger partial charge in [0.2, 0.25) is 0 Å². The van der Waals surface area contributed by atoms with Crippen molar-refractivity contribution in [2.45, 2.75) is 13.5 Å². The zero-order valence-electron chi connectivity index (χ0n) is 7.03. The maximum Gasteiger partial charge on any atom is 0.0952 e. The van der Waals surface area contributed by atoms with Gasteiger partial charge in [0.25, 0.3) is 0 Å². The first-order valence-corrected chi connectivity index (χ1v) is 3.99. The van der Waals surface area contributed by atoms with Crippen LogP contribution < -0.4 is 0 Å². The van der Waals surface area contributed by atoms with Gasteiger partial charge in [-0.2, -0.15) is 0 Å². The molecule has 0 radical (unpaired) electrons. The van der Waals surface area contributed by atoms with Crippen molar-refractivity contribution in [3.05, 3.63) is 48.2 Å². The molecule has 0 saturated carbocycles. The van der Waals surface area contributed by atoms with E-state index >= 15 is 0 Å². The Morgan fingerprint density at radius 3 is 2.92 bits per heavy atom. The third kappa shape index (κ3) is 1.28. The predicted molar refractivity (Wildman–Crippen MR) is 47.0 cm³/mol. The molecule has 2 aromatic rings. The highest BCUT2D eigenvalue weighted by molar-refractivity contribution is 5.11. The van der Waals surface area contributed by atoms with E-state index in [0.717, 1.165) is 6.54 Å². The van der Waals surface area contributed by atoms with E-state index in [4.69, 9.17) is 4.42 Å². The van der Waals surface area contributed by atoms with E-state index in [2.05, 4.69) is 29.8 Å². The summed E-state index contributed by atoms with van der Waals surface area (Å²) in [5, 5.41) is 0. The van der Waals surface area contributed by atoms with Gasteiger partial charge in [-0.3, -0.25) is 0 Å². The minimum absolute atomic E-state index is 0.898. The van der Waals surface area contributed by atoms with Crippen LogP contribution in [0, 0.1) is 6.92 Å². The number of nitrogens with zero attached hydrogens (tertiary/aromatic N) is 1. The molecule has 12 heavy (non-hydrogen) atoms. The maximum atomic E-state index is 4.99. The average molecular weight is 161 g/mol. The molecule has 62 valence electrons. The topological polar surface area (TPSA) is 18.1 Å². The van der Waals surface area contributed by atoms with Gasteiger partial charge in [0.15, 0.2) is 0 Å². The molecule has 0 unspecified atom stereocenters. The summed E-state index contributed by atoms with van der Waals surface area (Å²) >= 11 is 0. The van der Waals surface area contributed by atoms with Crippen LogP contribution in [0.5, 0.6) is 0 Å². The van der Waals surface area contributed by atoms with Crippen LogP contribution in [0.15, 0.2) is 41.3 Å². The summed E-state index contributed by atoms with van der Waals surface area (Å²) in [6.45, 7) is 3.00. The van der Waals surface area contributed by atoms with Gasteiger partial charge in [0.1, 0.15) is 0 Å². The number of furan rings is 1. The van der Waals surface area contributed by atoms with Crippen LogP contribution in [0.3, 0.4) is 0 Å². The number of aromatic nitrogens is 1. The molecule has 0 aromatic carbocycles. The van der Waals surface area contributed by atoms with Crippen molar-refractivity contribution in [2.75, 3.05) is 0 Å². The van der Waals surface area contributed by atoms with E-state index in [9.17, 15) is 0 Å². The molecular weight excluding hydrogens is 150 g/mol. The fourth-order valence-electron chi connectivity index (χ4n) is 1.26. The second kappa shape index (κ2) is 2.89. The normalized spacial score (nSPS) is 10.4. The lowest BCUT2D eigenvalue weighted by Gasteiger charge is -2.02. The van der Waals surface area contributed by atoms with Crippen molar-refractivity contribution in [2.24, 2.45) is 0 Å². The molecule has 0 aliphatic carbocycles. The van der Waals surface area contributed by atoms with Gasteiger partial charge in [-0.15, -0.1) is 0 Å². The largest absolute Gasteiger partial charge is 0.472 e. The summed E-state index contributed by atoms with van der Waals surface area (Å²) < 4.78 is 7.18. The fourth-order valence-corrected chi connectivity index (χ4v) is 1.26. The molecule has 2 nitrogen and oxygen atoms in total. The molecule has 2 heterocycles. The molecule has 0 aliphatic heterocycles. The average Bonchev–Trinajstić information content (AvgIpc) is 2.65. The van der Waals surface area contributed by atoms with Crippen molar-refractivity contribution in [3.8, 4) is 0 Å². The van der Waals surface area contributed by atoms with Crippen LogP contribution in [-0.2, 0) is 6.54 Å². The van der Waals surface area contributed by atoms with Gasteiger partial charge in [-0.25, -0.2) is 0 Å². The first kappa shape index (κ1) is 7.22. The third-order valence-corrected chi connectivity index (χ3v) is 1.99. The first-order valence-electron chi connectivity index (χ1n) is 3.99. The van der Waals surface area contributed by atoms with Crippen LogP contribution in [0.4, 0.5) is 0 Å². The van der Waals surface area contributed by atoms with E-state index in [1.54, 1.807) is 12.5 Å². The van der Waals surface area contributed by atoms with Crippen molar-refractivity contribution < 1.29 is 4.42 Å². The lowest BCUT2D eigenvalue weighted by molar-refractivity contribution is 0.562. The SMILES string of the molecule is Cc1cccn1Cc1ccoc1. The van der Waals surface area contributed by atoms with E-state index in [0.29, 0.717) is 0 Å². The van der Waals surface area contributed by atoms with Crippen molar-refractivity contribution in [1.29, 1.82) is 0 Å². The quantitative estimate of drug-likeness (QED) is 0.661. The van der Waals surface area contributed by atoms with Gasteiger partial charge in [0, 0.05) is 17.5 Å². The zero-order valence-corrected chi connectivity index (χ0v) is 7.03. The number of aryl methyl sites for hydroxylation is 1. The standard InChI is InChI=1S/C10H11NO/c1-9-3-2-5-11(9)7-10-4-6-12-8-10/h2-6,8H,7H2,1H3. The lowest BCUT2D eigenvalue weighted by Crippen LogP contribution is -1.97. The van der Waals surface area contributed by atoms with Crippen molar-refractivity contribution >= 4 is 0 Å². The highest BCUT2D eigenvalue weighted by Crippen LogP contribution is 2.06. The third-order valence-electron chi connectivity index (χ3n) is 1.99. The Bertz CT molecular complexity index is 346. The molecule has 0 fully saturated rings. The lowest BCUT2D eigenvalue weighted by atomic mass is 10.3. The minimum atomic E-state index is 0.898. The summed E-state index contributed by atoms with van der Waals surface area (Å²) in [6, 6.07) is 6.13. The van der Waals surface area contributed by atoms with Crippen LogP contribution in [0.2, 0.25) is 0 Å². The molecule has 0 atom stereocenters. The Kier molecular flexibility index (Phi) is 1.74. The Labute approximate surface area is 71.4 Å². The Hall–Kier alpha value is -1.44. The molecule has 2 rings (SSSR count). The molecule has 0 N–H and O–H groups in total. The molecule has 0 bridgehead atoms. The van der Waals surface area contributed by atoms with Gasteiger partial charge in [-0.1, -0.05) is 0 Å². The van der Waals surface area contributed by atoms with E-state index in [1.165, 1.54) is 11.3 Å². The number of hydrogen-bond donors (Lipinski definition) is 0. The van der Waals surface area contributed by atoms with Crippen LogP contribution in [-0.4, -0.2) is 4.57 Å². The highest BCUT2D eigenvalue weighted by Gasteiger charge is 1.97. The first-order chi connectivity index (χ1) is 5.86. The van der Waals surface area contributed by atoms with Gasteiger partial charge < -0.3 is 8.98 Å². The van der Waals surface area contributed by atoms with E-state index in [1.807, 2.05) is 6.07 Å². The van der Waals surface area contributed by atoms with Crippen LogP contribution in [0.1, 0.15) is 11.3 Å². The van der Waals surface area contributed by atoms with Crippen molar-refractivity contribution in [3.63, 3.8) is 0 Å². The Balaban J connectivity index is 2.20. The summed E-state index contributed by atoms with van der Waals surface area (Å²) in [5.41, 5.74) is 2.48. The van der Waals surface area contributed by atoms with E-state index < -0.39 is 0 Å². The second-order valence-electron chi connectivity index (χ2n) is 2.91. The Morgan fingerprint density at radius 2 is 2.33 bits per heavy atom. The second-order valence-corrected chi connectivity index (χ2v) is 2.91. The summed E-state index contributed by atoms with van der Waals surface area (Å²) in [5.74, 6) is 0.